The van der Waals surface area contributed by atoms with Crippen LogP contribution in [0.3, 0.4) is 0 Å². The molecule has 0 bridgehead atoms. The van der Waals surface area contributed by atoms with Gasteiger partial charge in [-0.05, 0) is 61.4 Å². The molecule has 0 amide bonds. The molecule has 1 aromatic carbocycles. The van der Waals surface area contributed by atoms with Crippen molar-refractivity contribution in [2.45, 2.75) is 32.1 Å². The van der Waals surface area contributed by atoms with Crippen LogP contribution in [0.25, 0.3) is 5.57 Å². The first-order chi connectivity index (χ1) is 12.2. The van der Waals surface area contributed by atoms with Crippen LogP contribution in [0.15, 0.2) is 54.6 Å². The first kappa shape index (κ1) is 18.5. The van der Waals surface area contributed by atoms with Crippen LogP contribution in [0.5, 0.6) is 5.75 Å². The van der Waals surface area contributed by atoms with Gasteiger partial charge >= 0.3 is 5.97 Å². The van der Waals surface area contributed by atoms with Crippen molar-refractivity contribution in [2.24, 2.45) is 0 Å². The normalized spacial score (nSPS) is 13.2. The van der Waals surface area contributed by atoms with Gasteiger partial charge in [-0.2, -0.15) is 5.26 Å². The fraction of sp³-hybridized carbons (Fsp3) is 0.333. The first-order valence-electron chi connectivity index (χ1n) is 8.55. The molecule has 0 atom stereocenters. The molecule has 0 heterocycles. The Morgan fingerprint density at radius 3 is 2.52 bits per heavy atom. The summed E-state index contributed by atoms with van der Waals surface area (Å²) in [6, 6.07) is 10.3. The number of carbonyl (C=O) groups excluding carboxylic acids is 1. The predicted octanol–water partition coefficient (Wildman–Crippen LogP) is 4.59. The molecule has 0 N–H and O–H groups in total. The lowest BCUT2D eigenvalue weighted by atomic mass is 9.94. The summed E-state index contributed by atoms with van der Waals surface area (Å²) >= 11 is 0. The van der Waals surface area contributed by atoms with Crippen LogP contribution in [-0.2, 0) is 9.53 Å². The van der Waals surface area contributed by atoms with Gasteiger partial charge in [-0.15, -0.1) is 0 Å². The number of nitriles is 1. The van der Waals surface area contributed by atoms with Crippen LogP contribution in [0.1, 0.15) is 37.7 Å². The number of esters is 1. The van der Waals surface area contributed by atoms with Gasteiger partial charge in [0.25, 0.3) is 0 Å². The molecule has 2 rings (SSSR count). The number of carbonyl (C=O) groups is 1. The summed E-state index contributed by atoms with van der Waals surface area (Å²) < 4.78 is 10.6. The molecule has 1 aliphatic carbocycles. The van der Waals surface area contributed by atoms with E-state index in [-0.39, 0.29) is 5.97 Å². The second-order valence-corrected chi connectivity index (χ2v) is 5.80. The van der Waals surface area contributed by atoms with E-state index in [9.17, 15) is 4.79 Å². The summed E-state index contributed by atoms with van der Waals surface area (Å²) in [5, 5.41) is 8.88. The quantitative estimate of drug-likeness (QED) is 0.375. The van der Waals surface area contributed by atoms with Crippen molar-refractivity contribution in [2.75, 3.05) is 13.2 Å². The van der Waals surface area contributed by atoms with Crippen LogP contribution < -0.4 is 4.74 Å². The van der Waals surface area contributed by atoms with Gasteiger partial charge in [0.1, 0.15) is 5.75 Å². The van der Waals surface area contributed by atoms with Crippen molar-refractivity contribution in [3.05, 3.63) is 60.2 Å². The van der Waals surface area contributed by atoms with Gasteiger partial charge in [-0.25, -0.2) is 4.79 Å². The number of hydrogen-bond acceptors (Lipinski definition) is 4. The van der Waals surface area contributed by atoms with Crippen molar-refractivity contribution in [1.29, 1.82) is 5.26 Å². The molecule has 1 aliphatic rings. The van der Waals surface area contributed by atoms with Crippen molar-refractivity contribution >= 4 is 11.5 Å². The number of hydrogen-bond donors (Lipinski definition) is 0. The zero-order valence-electron chi connectivity index (χ0n) is 14.4. The van der Waals surface area contributed by atoms with E-state index in [2.05, 4.69) is 24.8 Å². The van der Waals surface area contributed by atoms with Gasteiger partial charge in [0.05, 0.1) is 19.3 Å². The molecule has 25 heavy (non-hydrogen) atoms. The summed E-state index contributed by atoms with van der Waals surface area (Å²) in [4.78, 5) is 10.9. The second-order valence-electron chi connectivity index (χ2n) is 5.80. The smallest absolute Gasteiger partial charge is 0.330 e. The van der Waals surface area contributed by atoms with E-state index < -0.39 is 0 Å². The van der Waals surface area contributed by atoms with Gasteiger partial charge < -0.3 is 9.47 Å². The van der Waals surface area contributed by atoms with Gasteiger partial charge in [0.2, 0.25) is 0 Å². The Labute approximate surface area is 149 Å². The van der Waals surface area contributed by atoms with E-state index in [0.29, 0.717) is 13.2 Å². The van der Waals surface area contributed by atoms with E-state index in [4.69, 9.17) is 14.7 Å². The van der Waals surface area contributed by atoms with E-state index in [1.54, 1.807) is 0 Å². The maximum Gasteiger partial charge on any atom is 0.330 e. The highest BCUT2D eigenvalue weighted by molar-refractivity contribution is 5.81. The third-order valence-corrected chi connectivity index (χ3v) is 3.99. The summed E-state index contributed by atoms with van der Waals surface area (Å²) in [6.07, 6.45) is 9.50. The highest BCUT2D eigenvalue weighted by Gasteiger charge is 2.08. The highest BCUT2D eigenvalue weighted by atomic mass is 16.5. The largest absolute Gasteiger partial charge is 0.494 e. The lowest BCUT2D eigenvalue weighted by molar-refractivity contribution is -0.137. The summed E-state index contributed by atoms with van der Waals surface area (Å²) in [5.41, 5.74) is 3.26. The fourth-order valence-electron chi connectivity index (χ4n) is 2.54. The average molecular weight is 337 g/mol. The average Bonchev–Trinajstić information content (AvgIpc) is 2.67. The van der Waals surface area contributed by atoms with Gasteiger partial charge in [-0.1, -0.05) is 24.8 Å². The predicted molar refractivity (Wildman–Crippen MR) is 97.9 cm³/mol. The maximum atomic E-state index is 10.9. The SMILES string of the molecule is C=CC(=O)OCCCCCOc1ccc(C2=CC=C(C#N)CC2)cc1. The minimum Gasteiger partial charge on any atom is -0.494 e. The topological polar surface area (TPSA) is 59.3 Å². The molecular weight excluding hydrogens is 314 g/mol. The van der Waals surface area contributed by atoms with E-state index in [1.165, 1.54) is 17.2 Å². The Morgan fingerprint density at radius 2 is 1.88 bits per heavy atom. The van der Waals surface area contributed by atoms with Crippen LogP contribution in [0, 0.1) is 11.3 Å². The summed E-state index contributed by atoms with van der Waals surface area (Å²) in [7, 11) is 0. The zero-order chi connectivity index (χ0) is 17.9. The van der Waals surface area contributed by atoms with Gasteiger partial charge in [0, 0.05) is 11.6 Å². The number of benzene rings is 1. The Morgan fingerprint density at radius 1 is 1.12 bits per heavy atom. The Balaban J connectivity index is 1.68. The van der Waals surface area contributed by atoms with Crippen LogP contribution in [-0.4, -0.2) is 19.2 Å². The molecule has 0 aliphatic heterocycles. The molecule has 0 radical (unpaired) electrons. The maximum absolute atomic E-state index is 10.9. The molecule has 0 aromatic heterocycles. The number of ether oxygens (including phenoxy) is 2. The Kier molecular flexibility index (Phi) is 7.52. The lowest BCUT2D eigenvalue weighted by Gasteiger charge is -2.12. The van der Waals surface area contributed by atoms with Crippen LogP contribution in [0.4, 0.5) is 0 Å². The number of rotatable bonds is 9. The number of allylic oxidation sites excluding steroid dienone is 4. The first-order valence-corrected chi connectivity index (χ1v) is 8.55. The fourth-order valence-corrected chi connectivity index (χ4v) is 2.54. The third-order valence-electron chi connectivity index (χ3n) is 3.99. The van der Waals surface area contributed by atoms with Gasteiger partial charge in [0.15, 0.2) is 0 Å². The highest BCUT2D eigenvalue weighted by Crippen LogP contribution is 2.27. The molecule has 0 unspecified atom stereocenters. The van der Waals surface area contributed by atoms with Crippen molar-refractivity contribution in [1.82, 2.24) is 0 Å². The van der Waals surface area contributed by atoms with Gasteiger partial charge in [-0.3, -0.25) is 0 Å². The molecule has 0 saturated heterocycles. The Hall–Kier alpha value is -2.80. The standard InChI is InChI=1S/C21H23NO3/c1-2-21(23)25-15-5-3-4-14-24-20-12-10-19(11-13-20)18-8-6-17(16-22)7-9-18/h2,6,8,10-13H,1,3-5,7,9,14-15H2. The molecule has 0 fully saturated rings. The van der Waals surface area contributed by atoms with Crippen molar-refractivity contribution in [3.63, 3.8) is 0 Å². The minimum atomic E-state index is -0.372. The number of unbranched alkanes of at least 4 members (excludes halogenated alkanes) is 2. The molecule has 1 aromatic rings. The third kappa shape index (κ3) is 6.31. The molecule has 4 nitrogen and oxygen atoms in total. The van der Waals surface area contributed by atoms with E-state index in [1.807, 2.05) is 24.3 Å². The molecule has 4 heteroatoms. The molecule has 0 saturated carbocycles. The monoisotopic (exact) mass is 337 g/mol. The minimum absolute atomic E-state index is 0.372. The van der Waals surface area contributed by atoms with Crippen LogP contribution >= 0.6 is 0 Å². The van der Waals surface area contributed by atoms with Crippen LogP contribution in [0.2, 0.25) is 0 Å². The van der Waals surface area contributed by atoms with Crippen molar-refractivity contribution in [3.8, 4) is 11.8 Å². The zero-order valence-corrected chi connectivity index (χ0v) is 14.4. The number of nitrogens with zero attached hydrogens (tertiary/aromatic N) is 1. The molecule has 130 valence electrons. The van der Waals surface area contributed by atoms with Crippen molar-refractivity contribution < 1.29 is 14.3 Å². The summed E-state index contributed by atoms with van der Waals surface area (Å²) in [5.74, 6) is 0.482. The summed E-state index contributed by atoms with van der Waals surface area (Å²) in [6.45, 7) is 4.42. The van der Waals surface area contributed by atoms with E-state index in [0.717, 1.165) is 43.4 Å². The Bertz CT molecular complexity index is 693. The lowest BCUT2D eigenvalue weighted by Crippen LogP contribution is -2.03. The van der Waals surface area contributed by atoms with E-state index >= 15 is 0 Å². The molecular formula is C21H23NO3. The second kappa shape index (κ2) is 10.1. The molecule has 0 spiro atoms.